The molecule has 3 atom stereocenters. The van der Waals surface area contributed by atoms with Gasteiger partial charge in [0.25, 0.3) is 5.56 Å². The summed E-state index contributed by atoms with van der Waals surface area (Å²) in [7, 11) is 0. The van der Waals surface area contributed by atoms with Crippen molar-refractivity contribution in [2.45, 2.75) is 82.3 Å². The lowest BCUT2D eigenvalue weighted by Crippen LogP contribution is -2.52. The Labute approximate surface area is 253 Å². The molecule has 2 saturated heterocycles. The van der Waals surface area contributed by atoms with E-state index in [1.54, 1.807) is 23.1 Å². The normalized spacial score (nSPS) is 24.6. The highest BCUT2D eigenvalue weighted by Gasteiger charge is 2.42. The minimum absolute atomic E-state index is 0.184. The van der Waals surface area contributed by atoms with Crippen LogP contribution in [0.15, 0.2) is 47.9 Å². The van der Waals surface area contributed by atoms with Gasteiger partial charge in [-0.2, -0.15) is 0 Å². The molecule has 5 heterocycles. The molecule has 2 bridgehead atoms. The van der Waals surface area contributed by atoms with Crippen LogP contribution in [-0.4, -0.2) is 82.3 Å². The van der Waals surface area contributed by atoms with Gasteiger partial charge in [0.15, 0.2) is 0 Å². The Morgan fingerprint density at radius 1 is 1.05 bits per heavy atom. The summed E-state index contributed by atoms with van der Waals surface area (Å²) in [5.41, 5.74) is 1.89. The van der Waals surface area contributed by atoms with Gasteiger partial charge in [0, 0.05) is 36.1 Å². The predicted molar refractivity (Wildman–Crippen MR) is 159 cm³/mol. The Balaban J connectivity index is 0.971. The lowest BCUT2D eigenvalue weighted by molar-refractivity contribution is -0.0458. The van der Waals surface area contributed by atoms with Crippen molar-refractivity contribution in [2.24, 2.45) is 0 Å². The van der Waals surface area contributed by atoms with Gasteiger partial charge in [-0.25, -0.2) is 14.6 Å². The highest BCUT2D eigenvalue weighted by molar-refractivity contribution is 6.32. The summed E-state index contributed by atoms with van der Waals surface area (Å²) < 4.78 is 15.4. The van der Waals surface area contributed by atoms with E-state index in [0.29, 0.717) is 47.1 Å². The zero-order chi connectivity index (χ0) is 29.3. The summed E-state index contributed by atoms with van der Waals surface area (Å²) in [5.74, 6) is 0.889. The fourth-order valence-electron chi connectivity index (χ4n) is 6.80. The van der Waals surface area contributed by atoms with E-state index in [0.717, 1.165) is 50.0 Å². The highest BCUT2D eigenvalue weighted by atomic mass is 35.5. The first-order valence-corrected chi connectivity index (χ1v) is 15.3. The fraction of sp³-hybridized carbons (Fsp3) is 0.517. The van der Waals surface area contributed by atoms with E-state index < -0.39 is 0 Å². The number of benzene rings is 1. The number of hydrogen-bond donors (Lipinski definition) is 2. The van der Waals surface area contributed by atoms with Gasteiger partial charge in [0.2, 0.25) is 5.95 Å². The maximum absolute atomic E-state index is 12.8. The van der Waals surface area contributed by atoms with E-state index in [1.165, 1.54) is 19.2 Å². The van der Waals surface area contributed by atoms with Gasteiger partial charge in [0.05, 0.1) is 37.0 Å². The quantitative estimate of drug-likeness (QED) is 0.289. The van der Waals surface area contributed by atoms with Crippen LogP contribution in [-0.2, 0) is 11.3 Å². The number of fused-ring (bicyclic) bond motifs is 2. The Morgan fingerprint density at radius 2 is 1.77 bits per heavy atom. The van der Waals surface area contributed by atoms with E-state index in [4.69, 9.17) is 21.1 Å². The number of ether oxygens (including phenoxy) is 2. The van der Waals surface area contributed by atoms with Crippen molar-refractivity contribution in [3.05, 3.63) is 58.5 Å². The molecule has 7 rings (SSSR count). The van der Waals surface area contributed by atoms with Crippen LogP contribution in [0.5, 0.6) is 5.75 Å². The second kappa shape index (κ2) is 12.1. The average Bonchev–Trinajstić information content (AvgIpc) is 3.72. The van der Waals surface area contributed by atoms with Gasteiger partial charge in [-0.05, 0) is 73.6 Å². The molecule has 43 heavy (non-hydrogen) atoms. The minimum Gasteiger partial charge on any atom is -0.487 e. The molecule has 13 nitrogen and oxygen atoms in total. The van der Waals surface area contributed by atoms with Crippen molar-refractivity contribution in [2.75, 3.05) is 18.5 Å². The van der Waals surface area contributed by atoms with Crippen LogP contribution in [0, 0.1) is 0 Å². The Kier molecular flexibility index (Phi) is 7.85. The van der Waals surface area contributed by atoms with Crippen molar-refractivity contribution in [1.29, 1.82) is 0 Å². The predicted octanol–water partition coefficient (Wildman–Crippen LogP) is 3.83. The van der Waals surface area contributed by atoms with E-state index in [9.17, 15) is 4.79 Å². The lowest BCUT2D eigenvalue weighted by atomic mass is 9.89. The second-order valence-electron chi connectivity index (χ2n) is 11.7. The van der Waals surface area contributed by atoms with Crippen LogP contribution >= 0.6 is 11.6 Å². The second-order valence-corrected chi connectivity index (χ2v) is 12.2. The summed E-state index contributed by atoms with van der Waals surface area (Å²) in [6.45, 7) is 4.15. The third kappa shape index (κ3) is 6.01. The molecule has 1 aromatic carbocycles. The summed E-state index contributed by atoms with van der Waals surface area (Å²) in [4.78, 5) is 24.4. The molecule has 3 aliphatic rings. The topological polar surface area (TPSA) is 141 Å². The maximum Gasteiger partial charge on any atom is 0.287 e. The molecular formula is C29H35ClN10O3. The van der Waals surface area contributed by atoms with Crippen LogP contribution < -0.4 is 15.6 Å². The smallest absolute Gasteiger partial charge is 0.287 e. The Hall–Kier alpha value is -3.81. The largest absolute Gasteiger partial charge is 0.487 e. The molecule has 0 spiro atoms. The van der Waals surface area contributed by atoms with Crippen LogP contribution in [0.4, 0.5) is 11.6 Å². The van der Waals surface area contributed by atoms with Gasteiger partial charge in [-0.15, -0.1) is 5.10 Å². The molecule has 14 heteroatoms. The van der Waals surface area contributed by atoms with Crippen molar-refractivity contribution >= 4 is 23.2 Å². The molecule has 0 unspecified atom stereocenters. The molecule has 3 aromatic heterocycles. The van der Waals surface area contributed by atoms with Crippen LogP contribution in [0.3, 0.4) is 0 Å². The van der Waals surface area contributed by atoms with Gasteiger partial charge >= 0.3 is 0 Å². The Morgan fingerprint density at radius 3 is 2.49 bits per heavy atom. The third-order valence-corrected chi connectivity index (χ3v) is 9.16. The first-order chi connectivity index (χ1) is 21.0. The number of hydrogen-bond acceptors (Lipinski definition) is 10. The number of tetrazole rings is 1. The number of morpholine rings is 1. The van der Waals surface area contributed by atoms with Crippen molar-refractivity contribution in [3.63, 3.8) is 0 Å². The van der Waals surface area contributed by atoms with Gasteiger partial charge in [-0.1, -0.05) is 17.7 Å². The molecule has 3 fully saturated rings. The number of anilines is 2. The number of nitrogens with zero attached hydrogens (tertiary/aromatic N) is 8. The van der Waals surface area contributed by atoms with Crippen LogP contribution in [0.2, 0.25) is 5.02 Å². The molecule has 2 N–H and O–H groups in total. The SMILES string of the molecule is C[C@@H](Cn1cnnn1)Oc1cc(-c2cnc(Nc3cn(C4CCC(N5[C@@H]6CC[C@H]5COC6)CC4)[nH]c3=O)nc2)ccc1Cl. The standard InChI is InChI=1S/C29H35ClN10O3/c1-18(13-38-17-33-36-37-38)43-27-10-19(2-9-25(27)30)20-11-31-29(32-12-20)34-26-14-39(35-28(26)41)21-3-5-22(6-4-21)40-23-7-8-24(40)16-42-15-23/h2,9-12,14,17-18,21-24H,3-8,13,15-16H2,1H3,(H,35,41)(H,31,32,34)/t18-,21?,22?,23-,24+/m0/s1. The summed E-state index contributed by atoms with van der Waals surface area (Å²) >= 11 is 6.40. The zero-order valence-electron chi connectivity index (χ0n) is 24.0. The van der Waals surface area contributed by atoms with Crippen molar-refractivity contribution in [1.82, 2.24) is 44.9 Å². The van der Waals surface area contributed by atoms with Crippen molar-refractivity contribution < 1.29 is 9.47 Å². The molecule has 226 valence electrons. The number of aromatic amines is 1. The van der Waals surface area contributed by atoms with E-state index in [-0.39, 0.29) is 17.7 Å². The average molecular weight is 607 g/mol. The van der Waals surface area contributed by atoms with Crippen molar-refractivity contribution in [3.8, 4) is 16.9 Å². The molecule has 4 aromatic rings. The van der Waals surface area contributed by atoms with Gasteiger partial charge < -0.3 is 14.8 Å². The van der Waals surface area contributed by atoms with E-state index in [2.05, 4.69) is 40.8 Å². The van der Waals surface area contributed by atoms with E-state index >= 15 is 0 Å². The van der Waals surface area contributed by atoms with E-state index in [1.807, 2.05) is 29.9 Å². The summed E-state index contributed by atoms with van der Waals surface area (Å²) in [6, 6.07) is 7.59. The third-order valence-electron chi connectivity index (χ3n) is 8.85. The monoisotopic (exact) mass is 606 g/mol. The number of aromatic nitrogens is 8. The first-order valence-electron chi connectivity index (χ1n) is 14.9. The fourth-order valence-corrected chi connectivity index (χ4v) is 6.96. The Bertz CT molecular complexity index is 1570. The molecule has 0 radical (unpaired) electrons. The van der Waals surface area contributed by atoms with Crippen LogP contribution in [0.25, 0.3) is 11.1 Å². The lowest BCUT2D eigenvalue weighted by Gasteiger charge is -2.43. The maximum atomic E-state index is 12.8. The molecule has 2 aliphatic heterocycles. The molecular weight excluding hydrogens is 572 g/mol. The molecule has 1 aliphatic carbocycles. The van der Waals surface area contributed by atoms with Gasteiger partial charge in [0.1, 0.15) is 23.9 Å². The van der Waals surface area contributed by atoms with Gasteiger partial charge in [-0.3, -0.25) is 19.5 Å². The highest BCUT2D eigenvalue weighted by Crippen LogP contribution is 2.38. The summed E-state index contributed by atoms with van der Waals surface area (Å²) in [5, 5.41) is 17.7. The zero-order valence-corrected chi connectivity index (χ0v) is 24.7. The summed E-state index contributed by atoms with van der Waals surface area (Å²) in [6.07, 6.45) is 13.5. The number of H-pyrrole nitrogens is 1. The molecule has 0 amide bonds. The molecule has 1 saturated carbocycles. The number of nitrogens with one attached hydrogen (secondary N) is 2. The minimum atomic E-state index is -0.209. The number of halogens is 1. The van der Waals surface area contributed by atoms with Crippen LogP contribution in [0.1, 0.15) is 51.5 Å². The number of rotatable bonds is 9. The first kappa shape index (κ1) is 28.0.